The molecule has 0 aliphatic carbocycles. The van der Waals surface area contributed by atoms with Crippen molar-refractivity contribution in [1.82, 2.24) is 23.1 Å². The molecule has 0 bridgehead atoms. The number of rotatable bonds is 6. The number of benzene rings is 1. The fourth-order valence-electron chi connectivity index (χ4n) is 3.33. The zero-order chi connectivity index (χ0) is 20.4. The van der Waals surface area contributed by atoms with Crippen molar-refractivity contribution in [3.8, 4) is 0 Å². The Morgan fingerprint density at radius 1 is 1.18 bits per heavy atom. The third-order valence-electron chi connectivity index (χ3n) is 4.73. The molecular weight excluding hydrogens is 374 g/mol. The van der Waals surface area contributed by atoms with Crippen LogP contribution in [0.15, 0.2) is 35.3 Å². The number of amides is 1. The Morgan fingerprint density at radius 2 is 1.89 bits per heavy atom. The lowest BCUT2D eigenvalue weighted by Crippen LogP contribution is -2.37. The van der Waals surface area contributed by atoms with Crippen LogP contribution in [0.4, 0.5) is 0 Å². The summed E-state index contributed by atoms with van der Waals surface area (Å²) in [7, 11) is 5.64. The number of hydrogen-bond acceptors (Lipinski definition) is 6. The fraction of sp³-hybridized carbons (Fsp3) is 0.400. The van der Waals surface area contributed by atoms with Gasteiger partial charge in [0.2, 0.25) is 0 Å². The summed E-state index contributed by atoms with van der Waals surface area (Å²) in [6.45, 7) is 4.89. The minimum Gasteiger partial charge on any atom is -0.337 e. The van der Waals surface area contributed by atoms with Gasteiger partial charge in [0.05, 0.1) is 11.7 Å². The van der Waals surface area contributed by atoms with Crippen molar-refractivity contribution >= 4 is 28.7 Å². The van der Waals surface area contributed by atoms with Crippen LogP contribution in [0.5, 0.6) is 0 Å². The zero-order valence-corrected chi connectivity index (χ0v) is 17.7. The second kappa shape index (κ2) is 8.20. The van der Waals surface area contributed by atoms with Crippen LogP contribution in [0.3, 0.4) is 0 Å². The molecule has 1 unspecified atom stereocenters. The average Bonchev–Trinajstić information content (AvgIpc) is 3.08. The maximum Gasteiger partial charge on any atom is 0.263 e. The van der Waals surface area contributed by atoms with Gasteiger partial charge in [0.1, 0.15) is 16.6 Å². The SMILES string of the molecule is Cc1ccn(C(C)CN(C)C)c(=O)c1C(=O)N(C)Cc1ccc2nsnc2c1. The lowest BCUT2D eigenvalue weighted by molar-refractivity contribution is 0.0781. The smallest absolute Gasteiger partial charge is 0.263 e. The van der Waals surface area contributed by atoms with E-state index in [1.807, 2.05) is 50.2 Å². The van der Waals surface area contributed by atoms with Gasteiger partial charge in [0, 0.05) is 32.4 Å². The first-order chi connectivity index (χ1) is 13.3. The number of hydrogen-bond donors (Lipinski definition) is 0. The van der Waals surface area contributed by atoms with Crippen molar-refractivity contribution in [3.05, 3.63) is 57.5 Å². The van der Waals surface area contributed by atoms with Crippen molar-refractivity contribution < 1.29 is 4.79 Å². The van der Waals surface area contributed by atoms with Gasteiger partial charge in [-0.1, -0.05) is 6.07 Å². The molecule has 148 valence electrons. The van der Waals surface area contributed by atoms with E-state index in [-0.39, 0.29) is 23.1 Å². The summed E-state index contributed by atoms with van der Waals surface area (Å²) >= 11 is 1.17. The molecule has 0 saturated heterocycles. The van der Waals surface area contributed by atoms with Crippen LogP contribution in [0.25, 0.3) is 11.0 Å². The van der Waals surface area contributed by atoms with Crippen molar-refractivity contribution in [2.75, 3.05) is 27.7 Å². The third-order valence-corrected chi connectivity index (χ3v) is 5.29. The second-order valence-electron chi connectivity index (χ2n) is 7.45. The molecule has 2 heterocycles. The highest BCUT2D eigenvalue weighted by molar-refractivity contribution is 7.00. The van der Waals surface area contributed by atoms with E-state index in [1.54, 1.807) is 29.6 Å². The highest BCUT2D eigenvalue weighted by Gasteiger charge is 2.21. The number of fused-ring (bicyclic) bond motifs is 1. The number of nitrogens with zero attached hydrogens (tertiary/aromatic N) is 5. The molecular formula is C20H25N5O2S. The standard InChI is InChI=1S/C20H25N5O2S/c1-13-8-9-25(14(2)11-23(3)4)20(27)18(13)19(26)24(5)12-15-6-7-16-17(10-15)22-28-21-16/h6-10,14H,11-12H2,1-5H3. The van der Waals surface area contributed by atoms with E-state index >= 15 is 0 Å². The molecule has 1 atom stereocenters. The lowest BCUT2D eigenvalue weighted by atomic mass is 10.1. The molecule has 0 aliphatic rings. The molecule has 1 aromatic carbocycles. The van der Waals surface area contributed by atoms with Crippen molar-refractivity contribution in [1.29, 1.82) is 0 Å². The van der Waals surface area contributed by atoms with Crippen molar-refractivity contribution in [2.45, 2.75) is 26.4 Å². The number of carbonyl (C=O) groups excluding carboxylic acids is 1. The van der Waals surface area contributed by atoms with Gasteiger partial charge in [-0.3, -0.25) is 9.59 Å². The summed E-state index contributed by atoms with van der Waals surface area (Å²) in [5.74, 6) is -0.273. The predicted molar refractivity (Wildman–Crippen MR) is 112 cm³/mol. The Bertz CT molecular complexity index is 1060. The molecule has 0 aliphatic heterocycles. The van der Waals surface area contributed by atoms with E-state index in [0.29, 0.717) is 18.7 Å². The Hall–Kier alpha value is -2.58. The first-order valence-corrected chi connectivity index (χ1v) is 9.84. The molecule has 0 spiro atoms. The molecule has 8 heteroatoms. The Labute approximate surface area is 168 Å². The maximum absolute atomic E-state index is 13.1. The number of pyridine rings is 1. The van der Waals surface area contributed by atoms with Crippen molar-refractivity contribution in [2.24, 2.45) is 0 Å². The zero-order valence-electron chi connectivity index (χ0n) is 16.8. The van der Waals surface area contributed by atoms with Gasteiger partial charge in [-0.25, -0.2) is 0 Å². The van der Waals surface area contributed by atoms with Crippen LogP contribution in [-0.4, -0.2) is 56.7 Å². The molecule has 3 aromatic rings. The molecule has 0 saturated carbocycles. The van der Waals surface area contributed by atoms with Gasteiger partial charge in [0.25, 0.3) is 11.5 Å². The van der Waals surface area contributed by atoms with E-state index in [1.165, 1.54) is 11.7 Å². The Balaban J connectivity index is 1.87. The number of likely N-dealkylation sites (N-methyl/N-ethyl adjacent to an activating group) is 1. The molecule has 3 rings (SSSR count). The summed E-state index contributed by atoms with van der Waals surface area (Å²) in [6, 6.07) is 7.57. The molecule has 0 radical (unpaired) electrons. The van der Waals surface area contributed by atoms with E-state index in [4.69, 9.17) is 0 Å². The topological polar surface area (TPSA) is 71.3 Å². The third kappa shape index (κ3) is 4.13. The quantitative estimate of drug-likeness (QED) is 0.637. The molecule has 2 aromatic heterocycles. The summed E-state index contributed by atoms with van der Waals surface area (Å²) in [5, 5.41) is 0. The molecule has 28 heavy (non-hydrogen) atoms. The van der Waals surface area contributed by atoms with E-state index < -0.39 is 0 Å². The normalized spacial score (nSPS) is 12.5. The molecule has 1 amide bonds. The minimum absolute atomic E-state index is 0.0282. The average molecular weight is 400 g/mol. The first kappa shape index (κ1) is 20.2. The highest BCUT2D eigenvalue weighted by Crippen LogP contribution is 2.16. The van der Waals surface area contributed by atoms with E-state index in [2.05, 4.69) is 8.75 Å². The second-order valence-corrected chi connectivity index (χ2v) is 7.97. The number of aromatic nitrogens is 3. The van der Waals surface area contributed by atoms with Gasteiger partial charge in [0.15, 0.2) is 0 Å². The number of aryl methyl sites for hydroxylation is 1. The van der Waals surface area contributed by atoms with Gasteiger partial charge in [-0.15, -0.1) is 0 Å². The van der Waals surface area contributed by atoms with Gasteiger partial charge < -0.3 is 14.4 Å². The van der Waals surface area contributed by atoms with Crippen molar-refractivity contribution in [3.63, 3.8) is 0 Å². The maximum atomic E-state index is 13.1. The monoisotopic (exact) mass is 399 g/mol. The fourth-order valence-corrected chi connectivity index (χ4v) is 3.84. The molecule has 0 fully saturated rings. The Kier molecular flexibility index (Phi) is 5.90. The van der Waals surface area contributed by atoms with Gasteiger partial charge >= 0.3 is 0 Å². The van der Waals surface area contributed by atoms with Crippen LogP contribution in [0, 0.1) is 6.92 Å². The Morgan fingerprint density at radius 3 is 2.61 bits per heavy atom. The summed E-state index contributed by atoms with van der Waals surface area (Å²) in [4.78, 5) is 29.7. The first-order valence-electron chi connectivity index (χ1n) is 9.11. The summed E-state index contributed by atoms with van der Waals surface area (Å²) in [6.07, 6.45) is 1.77. The van der Waals surface area contributed by atoms with E-state index in [9.17, 15) is 9.59 Å². The largest absolute Gasteiger partial charge is 0.337 e. The van der Waals surface area contributed by atoms with Crippen LogP contribution in [0.2, 0.25) is 0 Å². The molecule has 0 N–H and O–H groups in total. The summed E-state index contributed by atoms with van der Waals surface area (Å²) in [5.41, 5.74) is 3.29. The van der Waals surface area contributed by atoms with Crippen LogP contribution >= 0.6 is 11.7 Å². The van der Waals surface area contributed by atoms with Crippen LogP contribution < -0.4 is 5.56 Å². The summed E-state index contributed by atoms with van der Waals surface area (Å²) < 4.78 is 10.1. The molecule has 7 nitrogen and oxygen atoms in total. The van der Waals surface area contributed by atoms with Crippen LogP contribution in [0.1, 0.15) is 34.5 Å². The number of carbonyl (C=O) groups is 1. The minimum atomic E-state index is -0.273. The van der Waals surface area contributed by atoms with E-state index in [0.717, 1.165) is 16.6 Å². The van der Waals surface area contributed by atoms with Gasteiger partial charge in [-0.2, -0.15) is 8.75 Å². The van der Waals surface area contributed by atoms with Crippen LogP contribution in [-0.2, 0) is 6.54 Å². The highest BCUT2D eigenvalue weighted by atomic mass is 32.1. The lowest BCUT2D eigenvalue weighted by Gasteiger charge is -2.22. The predicted octanol–water partition coefficient (Wildman–Crippen LogP) is 2.56. The van der Waals surface area contributed by atoms with Gasteiger partial charge in [-0.05, 0) is 57.3 Å².